The summed E-state index contributed by atoms with van der Waals surface area (Å²) in [6.45, 7) is 1.29. The summed E-state index contributed by atoms with van der Waals surface area (Å²) in [7, 11) is 0. The van der Waals surface area contributed by atoms with Crippen LogP contribution in [0, 0.1) is 0 Å². The minimum absolute atomic E-state index is 0.0327. The Labute approximate surface area is 141 Å². The minimum atomic E-state index is -0.0327. The molecule has 1 aromatic carbocycles. The largest absolute Gasteiger partial charge is 0.348 e. The molecule has 0 bridgehead atoms. The van der Waals surface area contributed by atoms with Gasteiger partial charge in [0.15, 0.2) is 0 Å². The Balaban J connectivity index is 1.61. The number of halogens is 1. The Morgan fingerprint density at radius 3 is 2.87 bits per heavy atom. The first-order valence-electron chi connectivity index (χ1n) is 7.91. The Kier molecular flexibility index (Phi) is 5.13. The highest BCUT2D eigenvalue weighted by atomic mass is 35.5. The van der Waals surface area contributed by atoms with Gasteiger partial charge in [-0.3, -0.25) is 4.79 Å². The molecule has 0 saturated carbocycles. The third-order valence-corrected chi connectivity index (χ3v) is 4.46. The predicted molar refractivity (Wildman–Crippen MR) is 91.0 cm³/mol. The average molecular weight is 330 g/mol. The summed E-state index contributed by atoms with van der Waals surface area (Å²) >= 11 is 6.17. The van der Waals surface area contributed by atoms with E-state index in [0.717, 1.165) is 48.4 Å². The molecule has 120 valence electrons. The van der Waals surface area contributed by atoms with Gasteiger partial charge in [0.2, 0.25) is 5.91 Å². The zero-order chi connectivity index (χ0) is 16.1. The number of allylic oxidation sites excluding steroid dienone is 1. The maximum Gasteiger partial charge on any atom is 0.248 e. The van der Waals surface area contributed by atoms with Crippen LogP contribution >= 0.6 is 11.6 Å². The highest BCUT2D eigenvalue weighted by Gasteiger charge is 2.17. The molecule has 5 heteroatoms. The van der Waals surface area contributed by atoms with E-state index in [1.165, 1.54) is 5.56 Å². The van der Waals surface area contributed by atoms with Crippen molar-refractivity contribution in [3.63, 3.8) is 0 Å². The van der Waals surface area contributed by atoms with Gasteiger partial charge in [-0.2, -0.15) is 0 Å². The fraction of sp³-hybridized carbons (Fsp3) is 0.333. The lowest BCUT2D eigenvalue weighted by molar-refractivity contribution is -0.117. The van der Waals surface area contributed by atoms with Crippen LogP contribution in [0.15, 0.2) is 53.6 Å². The van der Waals surface area contributed by atoms with Crippen molar-refractivity contribution in [3.05, 3.63) is 64.7 Å². The van der Waals surface area contributed by atoms with Crippen molar-refractivity contribution in [1.29, 1.82) is 0 Å². The standard InChI is InChI=1S/C18H20ClN3O/c19-17-7-2-1-6-16(17)18(23)21-11-14-4-3-5-15(10-14)12-22-9-8-20-13-22/h3-5,8-10,13H,1-2,6-7,11-12H2,(H,21,23). The van der Waals surface area contributed by atoms with Crippen LogP contribution in [0.25, 0.3) is 0 Å². The van der Waals surface area contributed by atoms with E-state index >= 15 is 0 Å². The smallest absolute Gasteiger partial charge is 0.248 e. The molecular weight excluding hydrogens is 310 g/mol. The molecule has 1 aliphatic rings. The molecule has 0 atom stereocenters. The summed E-state index contributed by atoms with van der Waals surface area (Å²) in [4.78, 5) is 16.3. The molecule has 23 heavy (non-hydrogen) atoms. The van der Waals surface area contributed by atoms with Gasteiger partial charge in [0.25, 0.3) is 0 Å². The van der Waals surface area contributed by atoms with Gasteiger partial charge in [0.05, 0.1) is 6.33 Å². The van der Waals surface area contributed by atoms with E-state index in [0.29, 0.717) is 6.54 Å². The van der Waals surface area contributed by atoms with Gasteiger partial charge in [-0.1, -0.05) is 35.9 Å². The molecule has 3 rings (SSSR count). The number of amides is 1. The molecular formula is C18H20ClN3O. The second kappa shape index (κ2) is 7.47. The maximum atomic E-state index is 12.3. The average Bonchev–Trinajstić information content (AvgIpc) is 3.06. The zero-order valence-corrected chi connectivity index (χ0v) is 13.7. The topological polar surface area (TPSA) is 46.9 Å². The normalized spacial score (nSPS) is 14.8. The van der Waals surface area contributed by atoms with Crippen molar-refractivity contribution in [1.82, 2.24) is 14.9 Å². The summed E-state index contributed by atoms with van der Waals surface area (Å²) in [6, 6.07) is 8.22. The molecule has 2 aromatic rings. The van der Waals surface area contributed by atoms with Crippen molar-refractivity contribution >= 4 is 17.5 Å². The van der Waals surface area contributed by atoms with E-state index < -0.39 is 0 Å². The summed E-state index contributed by atoms with van der Waals surface area (Å²) in [5.41, 5.74) is 3.03. The van der Waals surface area contributed by atoms with Gasteiger partial charge in [-0.05, 0) is 36.8 Å². The Hall–Kier alpha value is -2.07. The van der Waals surface area contributed by atoms with Gasteiger partial charge in [0.1, 0.15) is 0 Å². The maximum absolute atomic E-state index is 12.3. The lowest BCUT2D eigenvalue weighted by atomic mass is 9.98. The number of hydrogen-bond donors (Lipinski definition) is 1. The number of carbonyl (C=O) groups is 1. The first kappa shape index (κ1) is 15.8. The number of imidazole rings is 1. The Morgan fingerprint density at radius 1 is 1.26 bits per heavy atom. The fourth-order valence-corrected chi connectivity index (χ4v) is 3.14. The number of benzene rings is 1. The number of nitrogens with one attached hydrogen (secondary N) is 1. The number of rotatable bonds is 5. The van der Waals surface area contributed by atoms with Crippen molar-refractivity contribution < 1.29 is 4.79 Å². The monoisotopic (exact) mass is 329 g/mol. The molecule has 0 spiro atoms. The van der Waals surface area contributed by atoms with Crippen LogP contribution in [0.4, 0.5) is 0 Å². The summed E-state index contributed by atoms with van der Waals surface area (Å²) < 4.78 is 2.02. The number of hydrogen-bond acceptors (Lipinski definition) is 2. The molecule has 4 nitrogen and oxygen atoms in total. The van der Waals surface area contributed by atoms with E-state index in [-0.39, 0.29) is 5.91 Å². The summed E-state index contributed by atoms with van der Waals surface area (Å²) in [5, 5.41) is 3.71. The SMILES string of the molecule is O=C(NCc1cccc(Cn2ccnc2)c1)C1=C(Cl)CCCC1. The van der Waals surface area contributed by atoms with Crippen molar-refractivity contribution in [2.75, 3.05) is 0 Å². The van der Waals surface area contributed by atoms with Crippen molar-refractivity contribution in [3.8, 4) is 0 Å². The first-order valence-corrected chi connectivity index (χ1v) is 8.29. The first-order chi connectivity index (χ1) is 11.2. The predicted octanol–water partition coefficient (Wildman–Crippen LogP) is 3.61. The molecule has 1 aliphatic carbocycles. The molecule has 0 fully saturated rings. The fourth-order valence-electron chi connectivity index (χ4n) is 2.82. The second-order valence-electron chi connectivity index (χ2n) is 5.83. The third-order valence-electron chi connectivity index (χ3n) is 4.04. The molecule has 1 amide bonds. The Bertz CT molecular complexity index is 707. The lowest BCUT2D eigenvalue weighted by Crippen LogP contribution is -2.26. The van der Waals surface area contributed by atoms with Gasteiger partial charge in [-0.15, -0.1) is 0 Å². The van der Waals surface area contributed by atoms with Crippen LogP contribution in [0.2, 0.25) is 0 Å². The van der Waals surface area contributed by atoms with E-state index in [2.05, 4.69) is 22.4 Å². The van der Waals surface area contributed by atoms with Crippen LogP contribution in [0.1, 0.15) is 36.8 Å². The Morgan fingerprint density at radius 2 is 2.09 bits per heavy atom. The minimum Gasteiger partial charge on any atom is -0.348 e. The van der Waals surface area contributed by atoms with Crippen LogP contribution in [-0.4, -0.2) is 15.5 Å². The molecule has 0 radical (unpaired) electrons. The molecule has 1 aromatic heterocycles. The summed E-state index contributed by atoms with van der Waals surface area (Å²) in [5.74, 6) is -0.0327. The number of nitrogens with zero attached hydrogens (tertiary/aromatic N) is 2. The highest BCUT2D eigenvalue weighted by Crippen LogP contribution is 2.27. The van der Waals surface area contributed by atoms with Crippen molar-refractivity contribution in [2.45, 2.75) is 38.8 Å². The highest BCUT2D eigenvalue weighted by molar-refractivity contribution is 6.32. The molecule has 0 aliphatic heterocycles. The van der Waals surface area contributed by atoms with Gasteiger partial charge < -0.3 is 9.88 Å². The lowest BCUT2D eigenvalue weighted by Gasteiger charge is -2.16. The number of carbonyl (C=O) groups excluding carboxylic acids is 1. The molecule has 0 unspecified atom stereocenters. The van der Waals surface area contributed by atoms with E-state index in [9.17, 15) is 4.79 Å². The molecule has 1 heterocycles. The van der Waals surface area contributed by atoms with E-state index in [4.69, 9.17) is 11.6 Å². The van der Waals surface area contributed by atoms with Crippen molar-refractivity contribution in [2.24, 2.45) is 0 Å². The summed E-state index contributed by atoms with van der Waals surface area (Å²) in [6.07, 6.45) is 9.23. The zero-order valence-electron chi connectivity index (χ0n) is 13.0. The third kappa shape index (κ3) is 4.23. The van der Waals surface area contributed by atoms with Crippen LogP contribution in [0.3, 0.4) is 0 Å². The molecule has 1 N–H and O–H groups in total. The van der Waals surface area contributed by atoms with Crippen LogP contribution in [0.5, 0.6) is 0 Å². The van der Waals surface area contributed by atoms with Gasteiger partial charge in [0, 0.05) is 36.1 Å². The van der Waals surface area contributed by atoms with E-state index in [1.54, 1.807) is 12.5 Å². The van der Waals surface area contributed by atoms with Crippen LogP contribution < -0.4 is 5.32 Å². The van der Waals surface area contributed by atoms with Gasteiger partial charge in [-0.25, -0.2) is 4.98 Å². The number of aromatic nitrogens is 2. The van der Waals surface area contributed by atoms with Crippen LogP contribution in [-0.2, 0) is 17.9 Å². The van der Waals surface area contributed by atoms with Gasteiger partial charge >= 0.3 is 0 Å². The molecule has 0 saturated heterocycles. The quantitative estimate of drug-likeness (QED) is 0.910. The second-order valence-corrected chi connectivity index (χ2v) is 6.28. The van der Waals surface area contributed by atoms with E-state index in [1.807, 2.05) is 22.9 Å².